The Hall–Kier alpha value is -2.68. The normalized spacial score (nSPS) is 16.2. The van der Waals surface area contributed by atoms with E-state index in [-0.39, 0.29) is 16.2 Å². The minimum absolute atomic E-state index is 0.0247. The first-order chi connectivity index (χ1) is 15.4. The van der Waals surface area contributed by atoms with Crippen LogP contribution in [0.4, 0.5) is 11.4 Å². The van der Waals surface area contributed by atoms with E-state index in [9.17, 15) is 13.2 Å². The highest BCUT2D eigenvalue weighted by Crippen LogP contribution is 2.42. The summed E-state index contributed by atoms with van der Waals surface area (Å²) in [5.74, 6) is 1.16. The van der Waals surface area contributed by atoms with Gasteiger partial charge in [0.1, 0.15) is 11.1 Å². The lowest BCUT2D eigenvalue weighted by Crippen LogP contribution is -2.27. The largest absolute Gasteiger partial charge is 0.494 e. The van der Waals surface area contributed by atoms with Gasteiger partial charge < -0.3 is 4.74 Å². The molecule has 0 radical (unpaired) electrons. The number of hydrogen-bond donors (Lipinski definition) is 1. The SMILES string of the molecule is CCOc1ccc(N2C(=O)CSC2c2ccc(NS(=O)(=O)c3ccc(Cl)cc3)cc2)cc1. The Labute approximate surface area is 196 Å². The maximum atomic E-state index is 12.6. The average molecular weight is 489 g/mol. The van der Waals surface area contributed by atoms with Crippen molar-refractivity contribution in [1.82, 2.24) is 0 Å². The van der Waals surface area contributed by atoms with Crippen molar-refractivity contribution in [3.05, 3.63) is 83.4 Å². The third-order valence-corrected chi connectivity index (χ3v) is 7.73. The van der Waals surface area contributed by atoms with E-state index in [1.165, 1.54) is 36.0 Å². The molecule has 166 valence electrons. The first-order valence-electron chi connectivity index (χ1n) is 9.92. The van der Waals surface area contributed by atoms with E-state index in [0.29, 0.717) is 23.1 Å². The van der Waals surface area contributed by atoms with Crippen molar-refractivity contribution < 1.29 is 17.9 Å². The highest BCUT2D eigenvalue weighted by atomic mass is 35.5. The van der Waals surface area contributed by atoms with Crippen LogP contribution >= 0.6 is 23.4 Å². The number of rotatable bonds is 7. The Bertz CT molecular complexity index is 1200. The molecule has 0 aliphatic carbocycles. The summed E-state index contributed by atoms with van der Waals surface area (Å²) in [6, 6.07) is 20.5. The number of ether oxygens (including phenoxy) is 1. The summed E-state index contributed by atoms with van der Waals surface area (Å²) in [6.45, 7) is 2.50. The van der Waals surface area contributed by atoms with Gasteiger partial charge in [0.2, 0.25) is 5.91 Å². The van der Waals surface area contributed by atoms with Crippen molar-refractivity contribution in [2.24, 2.45) is 0 Å². The van der Waals surface area contributed by atoms with Gasteiger partial charge in [-0.15, -0.1) is 11.8 Å². The standard InChI is InChI=1S/C23H21ClN2O4S2/c1-2-30-20-11-9-19(10-12-20)26-22(27)15-31-23(26)16-3-7-18(8-4-16)25-32(28,29)21-13-5-17(24)6-14-21/h3-14,23,25H,2,15H2,1H3. The van der Waals surface area contributed by atoms with Gasteiger partial charge in [-0.05, 0) is 73.2 Å². The maximum Gasteiger partial charge on any atom is 0.261 e. The lowest BCUT2D eigenvalue weighted by molar-refractivity contribution is -0.115. The molecule has 1 amide bonds. The lowest BCUT2D eigenvalue weighted by Gasteiger charge is -2.24. The van der Waals surface area contributed by atoms with Crippen molar-refractivity contribution >= 4 is 50.7 Å². The van der Waals surface area contributed by atoms with Crippen LogP contribution in [-0.4, -0.2) is 26.7 Å². The van der Waals surface area contributed by atoms with Crippen LogP contribution in [0.2, 0.25) is 5.02 Å². The number of nitrogens with one attached hydrogen (secondary N) is 1. The number of benzene rings is 3. The Morgan fingerprint density at radius 3 is 2.31 bits per heavy atom. The van der Waals surface area contributed by atoms with Crippen LogP contribution in [0.3, 0.4) is 0 Å². The number of anilines is 2. The monoisotopic (exact) mass is 488 g/mol. The summed E-state index contributed by atoms with van der Waals surface area (Å²) < 4.78 is 33.2. The first-order valence-corrected chi connectivity index (χ1v) is 12.8. The predicted molar refractivity (Wildman–Crippen MR) is 129 cm³/mol. The van der Waals surface area contributed by atoms with Crippen LogP contribution in [0.1, 0.15) is 17.9 Å². The molecule has 0 aromatic heterocycles. The molecular weight excluding hydrogens is 468 g/mol. The number of carbonyl (C=O) groups is 1. The molecule has 1 atom stereocenters. The van der Waals surface area contributed by atoms with Gasteiger partial charge >= 0.3 is 0 Å². The predicted octanol–water partition coefficient (Wildman–Crippen LogP) is 5.32. The van der Waals surface area contributed by atoms with Crippen molar-refractivity contribution in [3.63, 3.8) is 0 Å². The molecular formula is C23H21ClN2O4S2. The molecule has 1 aliphatic rings. The summed E-state index contributed by atoms with van der Waals surface area (Å²) in [5, 5.41) is 0.274. The molecule has 0 spiro atoms. The molecule has 1 aliphatic heterocycles. The number of nitrogens with zero attached hydrogens (tertiary/aromatic N) is 1. The molecule has 0 bridgehead atoms. The van der Waals surface area contributed by atoms with Crippen molar-refractivity contribution in [3.8, 4) is 5.75 Å². The molecule has 9 heteroatoms. The van der Waals surface area contributed by atoms with Crippen molar-refractivity contribution in [1.29, 1.82) is 0 Å². The van der Waals surface area contributed by atoms with E-state index >= 15 is 0 Å². The molecule has 3 aromatic carbocycles. The van der Waals surface area contributed by atoms with Crippen LogP contribution in [0, 0.1) is 0 Å². The Morgan fingerprint density at radius 1 is 1.03 bits per heavy atom. The number of carbonyl (C=O) groups excluding carboxylic acids is 1. The van der Waals surface area contributed by atoms with Crippen LogP contribution in [0.25, 0.3) is 0 Å². The van der Waals surface area contributed by atoms with E-state index in [4.69, 9.17) is 16.3 Å². The van der Waals surface area contributed by atoms with E-state index in [1.807, 2.05) is 43.3 Å². The zero-order valence-corrected chi connectivity index (χ0v) is 19.6. The number of thioether (sulfide) groups is 1. The van der Waals surface area contributed by atoms with Gasteiger partial charge in [-0.2, -0.15) is 0 Å². The Kier molecular flexibility index (Phi) is 6.64. The smallest absolute Gasteiger partial charge is 0.261 e. The fourth-order valence-corrected chi connectivity index (χ4v) is 5.73. The summed E-state index contributed by atoms with van der Waals surface area (Å²) in [4.78, 5) is 14.5. The second kappa shape index (κ2) is 9.44. The summed E-state index contributed by atoms with van der Waals surface area (Å²) >= 11 is 7.37. The molecule has 1 unspecified atom stereocenters. The second-order valence-electron chi connectivity index (χ2n) is 7.04. The third kappa shape index (κ3) is 4.87. The highest BCUT2D eigenvalue weighted by molar-refractivity contribution is 8.00. The van der Waals surface area contributed by atoms with Crippen LogP contribution < -0.4 is 14.4 Å². The molecule has 0 saturated carbocycles. The fraction of sp³-hybridized carbons (Fsp3) is 0.174. The number of hydrogen-bond acceptors (Lipinski definition) is 5. The minimum atomic E-state index is -3.72. The van der Waals surface area contributed by atoms with Gasteiger partial charge in [-0.1, -0.05) is 23.7 Å². The van der Waals surface area contributed by atoms with E-state index < -0.39 is 10.0 Å². The Balaban J connectivity index is 1.52. The topological polar surface area (TPSA) is 75.7 Å². The van der Waals surface area contributed by atoms with Gasteiger partial charge in [0.25, 0.3) is 10.0 Å². The number of halogens is 1. The second-order valence-corrected chi connectivity index (χ2v) is 10.2. The summed E-state index contributed by atoms with van der Waals surface area (Å²) in [5.41, 5.74) is 2.13. The first kappa shape index (κ1) is 22.5. The molecule has 4 rings (SSSR count). The molecule has 32 heavy (non-hydrogen) atoms. The molecule has 3 aromatic rings. The van der Waals surface area contributed by atoms with Crippen molar-refractivity contribution in [2.75, 3.05) is 22.0 Å². The van der Waals surface area contributed by atoms with Gasteiger partial charge in [0.05, 0.1) is 17.3 Å². The fourth-order valence-electron chi connectivity index (χ4n) is 3.36. The van der Waals surface area contributed by atoms with Crippen LogP contribution in [-0.2, 0) is 14.8 Å². The van der Waals surface area contributed by atoms with Crippen molar-refractivity contribution in [2.45, 2.75) is 17.2 Å². The molecule has 1 N–H and O–H groups in total. The Morgan fingerprint density at radius 2 is 1.69 bits per heavy atom. The maximum absolute atomic E-state index is 12.6. The lowest BCUT2D eigenvalue weighted by atomic mass is 10.1. The highest BCUT2D eigenvalue weighted by Gasteiger charge is 2.34. The van der Waals surface area contributed by atoms with Gasteiger partial charge in [-0.25, -0.2) is 8.42 Å². The number of amides is 1. The molecule has 6 nitrogen and oxygen atoms in total. The van der Waals surface area contributed by atoms with Crippen LogP contribution in [0.5, 0.6) is 5.75 Å². The minimum Gasteiger partial charge on any atom is -0.494 e. The van der Waals surface area contributed by atoms with Gasteiger partial charge in [-0.3, -0.25) is 14.4 Å². The van der Waals surface area contributed by atoms with Gasteiger partial charge in [0.15, 0.2) is 0 Å². The molecule has 1 heterocycles. The van der Waals surface area contributed by atoms with E-state index in [0.717, 1.165) is 17.0 Å². The zero-order chi connectivity index (χ0) is 22.7. The molecule has 1 saturated heterocycles. The third-order valence-electron chi connectivity index (χ3n) is 4.87. The van der Waals surface area contributed by atoms with E-state index in [2.05, 4.69) is 4.72 Å². The average Bonchev–Trinajstić information content (AvgIpc) is 3.16. The summed E-state index contributed by atoms with van der Waals surface area (Å²) in [7, 11) is -3.72. The molecule has 1 fully saturated rings. The zero-order valence-electron chi connectivity index (χ0n) is 17.2. The summed E-state index contributed by atoms with van der Waals surface area (Å²) in [6.07, 6.45) is 0. The van der Waals surface area contributed by atoms with E-state index in [1.54, 1.807) is 17.0 Å². The van der Waals surface area contributed by atoms with Crippen LogP contribution in [0.15, 0.2) is 77.7 Å². The van der Waals surface area contributed by atoms with Gasteiger partial charge in [0, 0.05) is 16.4 Å². The number of sulfonamides is 1. The quantitative estimate of drug-likeness (QED) is 0.487.